The van der Waals surface area contributed by atoms with Crippen LogP contribution in [-0.2, 0) is 16.2 Å². The fourth-order valence-electron chi connectivity index (χ4n) is 1.05. The second kappa shape index (κ2) is 5.21. The van der Waals surface area contributed by atoms with Gasteiger partial charge >= 0.3 is 0 Å². The highest BCUT2D eigenvalue weighted by Crippen LogP contribution is 2.11. The van der Waals surface area contributed by atoms with Gasteiger partial charge in [-0.05, 0) is 0 Å². The van der Waals surface area contributed by atoms with E-state index in [1.54, 1.807) is 17.9 Å². The number of carbonyl (C=O) groups excluding carboxylic acids is 1. The van der Waals surface area contributed by atoms with Gasteiger partial charge in [-0.3, -0.25) is 4.79 Å². The first-order valence-electron chi connectivity index (χ1n) is 4.56. The van der Waals surface area contributed by atoms with Gasteiger partial charge in [-0.25, -0.2) is 9.97 Å². The number of imidazole rings is 1. The van der Waals surface area contributed by atoms with Crippen molar-refractivity contribution in [2.24, 2.45) is 5.16 Å². The molecule has 2 heterocycles. The lowest BCUT2D eigenvalue weighted by molar-refractivity contribution is 0.128. The maximum atomic E-state index is 10.7. The highest BCUT2D eigenvalue weighted by molar-refractivity contribution is 7.13. The number of H-pyrrole nitrogens is 1. The molecule has 2 aromatic heterocycles. The van der Waals surface area contributed by atoms with Crippen LogP contribution in [0.4, 0.5) is 5.13 Å². The van der Waals surface area contributed by atoms with E-state index in [2.05, 4.69) is 20.1 Å². The Hall–Kier alpha value is -2.22. The lowest BCUT2D eigenvalue weighted by Crippen LogP contribution is -2.04. The summed E-state index contributed by atoms with van der Waals surface area (Å²) >= 11 is 1.21. The molecule has 8 heteroatoms. The van der Waals surface area contributed by atoms with Crippen LogP contribution in [0.1, 0.15) is 11.4 Å². The molecule has 3 N–H and O–H groups in total. The van der Waals surface area contributed by atoms with E-state index >= 15 is 0 Å². The normalized spacial score (nSPS) is 11.4. The first-order valence-corrected chi connectivity index (χ1v) is 5.44. The molecule has 0 spiro atoms. The number of aromatic amines is 1. The number of aromatic nitrogens is 3. The standard InChI is InChI=1S/C9H8N5O2S/c10-9-13-8(4-17-9)7(2-15)14-16-3-6-1-11-5-12-6/h1,4-5H,3H2,(H2,10,13)(H,11,12). The van der Waals surface area contributed by atoms with Crippen LogP contribution in [0.2, 0.25) is 0 Å². The van der Waals surface area contributed by atoms with E-state index in [1.807, 2.05) is 0 Å². The molecule has 87 valence electrons. The van der Waals surface area contributed by atoms with Crippen LogP contribution in [0.5, 0.6) is 0 Å². The van der Waals surface area contributed by atoms with Crippen LogP contribution in [0.3, 0.4) is 0 Å². The van der Waals surface area contributed by atoms with Gasteiger partial charge in [-0.15, -0.1) is 11.3 Å². The van der Waals surface area contributed by atoms with E-state index in [-0.39, 0.29) is 12.3 Å². The first kappa shape index (κ1) is 11.3. The number of nitrogen functional groups attached to an aromatic ring is 1. The first-order chi connectivity index (χ1) is 8.29. The van der Waals surface area contributed by atoms with Crippen molar-refractivity contribution < 1.29 is 9.63 Å². The molecule has 0 saturated carbocycles. The van der Waals surface area contributed by atoms with Crippen molar-refractivity contribution in [1.82, 2.24) is 15.0 Å². The number of hydrogen-bond acceptors (Lipinski definition) is 7. The minimum Gasteiger partial charge on any atom is -0.389 e. The van der Waals surface area contributed by atoms with E-state index < -0.39 is 0 Å². The lowest BCUT2D eigenvalue weighted by Gasteiger charge is -1.96. The maximum Gasteiger partial charge on any atom is 0.259 e. The molecule has 0 bridgehead atoms. The van der Waals surface area contributed by atoms with Gasteiger partial charge in [0.2, 0.25) is 0 Å². The summed E-state index contributed by atoms with van der Waals surface area (Å²) < 4.78 is 0. The summed E-state index contributed by atoms with van der Waals surface area (Å²) in [7, 11) is 0. The summed E-state index contributed by atoms with van der Waals surface area (Å²) in [4.78, 5) is 26.2. The highest BCUT2D eigenvalue weighted by atomic mass is 32.1. The van der Waals surface area contributed by atoms with Crippen molar-refractivity contribution in [2.75, 3.05) is 5.73 Å². The fourth-order valence-corrected chi connectivity index (χ4v) is 1.59. The fraction of sp³-hybridized carbons (Fsp3) is 0.111. The highest BCUT2D eigenvalue weighted by Gasteiger charge is 2.08. The van der Waals surface area contributed by atoms with E-state index in [0.29, 0.717) is 16.5 Å². The summed E-state index contributed by atoms with van der Waals surface area (Å²) in [5.41, 5.74) is 6.45. The zero-order valence-corrected chi connectivity index (χ0v) is 9.40. The average Bonchev–Trinajstić information content (AvgIpc) is 2.96. The van der Waals surface area contributed by atoms with Gasteiger partial charge in [-0.1, -0.05) is 5.16 Å². The van der Waals surface area contributed by atoms with Gasteiger partial charge < -0.3 is 15.6 Å². The molecule has 0 aliphatic rings. The molecule has 7 nitrogen and oxygen atoms in total. The third-order valence-electron chi connectivity index (χ3n) is 1.78. The molecule has 0 aliphatic carbocycles. The Balaban J connectivity index is 2.01. The number of oxime groups is 1. The SMILES string of the molecule is Nc1nc(C([C]=O)=NOCc2c[nH]cn2)cs1. The van der Waals surface area contributed by atoms with Gasteiger partial charge in [0.1, 0.15) is 5.69 Å². The summed E-state index contributed by atoms with van der Waals surface area (Å²) in [5, 5.41) is 5.59. The summed E-state index contributed by atoms with van der Waals surface area (Å²) in [6.07, 6.45) is 4.84. The summed E-state index contributed by atoms with van der Waals surface area (Å²) in [5.74, 6) is 0. The maximum absolute atomic E-state index is 10.7. The minimum atomic E-state index is -0.0199. The predicted molar refractivity (Wildman–Crippen MR) is 62.1 cm³/mol. The van der Waals surface area contributed by atoms with Crippen molar-refractivity contribution >= 4 is 28.5 Å². The Bertz CT molecular complexity index is 519. The average molecular weight is 250 g/mol. The van der Waals surface area contributed by atoms with Crippen LogP contribution in [0.15, 0.2) is 23.1 Å². The largest absolute Gasteiger partial charge is 0.389 e. The van der Waals surface area contributed by atoms with Crippen molar-refractivity contribution in [3.63, 3.8) is 0 Å². The number of nitrogens with two attached hydrogens (primary N) is 1. The molecule has 0 fully saturated rings. The van der Waals surface area contributed by atoms with Gasteiger partial charge in [-0.2, -0.15) is 0 Å². The number of thiazole rings is 1. The number of anilines is 1. The van der Waals surface area contributed by atoms with Crippen LogP contribution in [0.25, 0.3) is 0 Å². The Morgan fingerprint density at radius 2 is 2.59 bits per heavy atom. The second-order valence-electron chi connectivity index (χ2n) is 2.95. The molecular weight excluding hydrogens is 242 g/mol. The Morgan fingerprint density at radius 3 is 3.18 bits per heavy atom. The number of hydrogen-bond donors (Lipinski definition) is 2. The molecule has 2 aromatic rings. The van der Waals surface area contributed by atoms with E-state index in [4.69, 9.17) is 10.6 Å². The Kier molecular flexibility index (Phi) is 3.46. The molecule has 2 rings (SSSR count). The second-order valence-corrected chi connectivity index (χ2v) is 3.84. The van der Waals surface area contributed by atoms with Crippen LogP contribution >= 0.6 is 11.3 Å². The molecule has 0 saturated heterocycles. The van der Waals surface area contributed by atoms with E-state index in [9.17, 15) is 4.79 Å². The van der Waals surface area contributed by atoms with E-state index in [0.717, 1.165) is 0 Å². The molecule has 1 radical (unpaired) electrons. The summed E-state index contributed by atoms with van der Waals surface area (Å²) in [6, 6.07) is 0. The van der Waals surface area contributed by atoms with Crippen molar-refractivity contribution in [3.8, 4) is 0 Å². The number of nitrogens with zero attached hydrogens (tertiary/aromatic N) is 3. The molecule has 0 aromatic carbocycles. The predicted octanol–water partition coefficient (Wildman–Crippen LogP) is 0.479. The monoisotopic (exact) mass is 250 g/mol. The molecule has 0 amide bonds. The van der Waals surface area contributed by atoms with Gasteiger partial charge in [0.15, 0.2) is 17.5 Å². The van der Waals surface area contributed by atoms with Gasteiger partial charge in [0.25, 0.3) is 6.29 Å². The molecule has 0 aliphatic heterocycles. The van der Waals surface area contributed by atoms with Crippen molar-refractivity contribution in [3.05, 3.63) is 29.3 Å². The van der Waals surface area contributed by atoms with Crippen molar-refractivity contribution in [1.29, 1.82) is 0 Å². The smallest absolute Gasteiger partial charge is 0.259 e. The van der Waals surface area contributed by atoms with Crippen LogP contribution in [-0.4, -0.2) is 26.9 Å². The molecule has 17 heavy (non-hydrogen) atoms. The quantitative estimate of drug-likeness (QED) is 0.593. The van der Waals surface area contributed by atoms with Crippen molar-refractivity contribution in [2.45, 2.75) is 6.61 Å². The summed E-state index contributed by atoms with van der Waals surface area (Å²) in [6.45, 7) is 0.161. The molecule has 0 unspecified atom stereocenters. The Labute approximate surface area is 100 Å². The number of nitrogens with one attached hydrogen (secondary N) is 1. The zero-order chi connectivity index (χ0) is 12.1. The zero-order valence-electron chi connectivity index (χ0n) is 8.58. The molecular formula is C9H8N5O2S. The van der Waals surface area contributed by atoms with Crippen LogP contribution < -0.4 is 5.73 Å². The number of rotatable bonds is 5. The van der Waals surface area contributed by atoms with Gasteiger partial charge in [0, 0.05) is 11.6 Å². The van der Waals surface area contributed by atoms with Crippen LogP contribution in [0, 0.1) is 0 Å². The Morgan fingerprint density at radius 1 is 1.71 bits per heavy atom. The van der Waals surface area contributed by atoms with Gasteiger partial charge in [0.05, 0.1) is 12.0 Å². The topological polar surface area (TPSA) is 106 Å². The lowest BCUT2D eigenvalue weighted by atomic mass is 10.3. The molecule has 0 atom stereocenters. The third kappa shape index (κ3) is 2.88. The van der Waals surface area contributed by atoms with E-state index in [1.165, 1.54) is 17.7 Å². The minimum absolute atomic E-state index is 0.0199. The third-order valence-corrected chi connectivity index (χ3v) is 2.46.